The van der Waals surface area contributed by atoms with Gasteiger partial charge in [0.2, 0.25) is 0 Å². The van der Waals surface area contributed by atoms with E-state index in [4.69, 9.17) is 9.84 Å². The number of phenols is 1. The first kappa shape index (κ1) is 14.6. The van der Waals surface area contributed by atoms with Crippen molar-refractivity contribution in [2.75, 3.05) is 0 Å². The van der Waals surface area contributed by atoms with Crippen molar-refractivity contribution in [3.05, 3.63) is 59.2 Å². The van der Waals surface area contributed by atoms with Crippen molar-refractivity contribution in [1.82, 2.24) is 0 Å². The van der Waals surface area contributed by atoms with E-state index in [1.165, 1.54) is 6.92 Å². The lowest BCUT2D eigenvalue weighted by Crippen LogP contribution is -2.07. The average Bonchev–Trinajstić information content (AvgIpc) is 2.46. The zero-order valence-corrected chi connectivity index (χ0v) is 11.4. The first-order valence-corrected chi connectivity index (χ1v) is 6.27. The van der Waals surface area contributed by atoms with E-state index < -0.39 is 11.8 Å². The van der Waals surface area contributed by atoms with E-state index >= 15 is 0 Å². The Hall–Kier alpha value is -2.82. The zero-order chi connectivity index (χ0) is 15.4. The Bertz CT molecular complexity index is 677. The lowest BCUT2D eigenvalue weighted by molar-refractivity contribution is 0.0691. The molecule has 0 aliphatic heterocycles. The SMILES string of the molecule is CC(=O)c1cc(O)c(OCc2ccccc2)cc1C(=O)O. The highest BCUT2D eigenvalue weighted by Crippen LogP contribution is 2.30. The summed E-state index contributed by atoms with van der Waals surface area (Å²) in [5.74, 6) is -1.91. The van der Waals surface area contributed by atoms with Crippen molar-refractivity contribution in [2.45, 2.75) is 13.5 Å². The monoisotopic (exact) mass is 286 g/mol. The molecule has 2 aromatic carbocycles. The molecule has 0 heterocycles. The number of aromatic carboxylic acids is 1. The molecule has 0 saturated carbocycles. The Kier molecular flexibility index (Phi) is 4.23. The van der Waals surface area contributed by atoms with Crippen LogP contribution in [0.3, 0.4) is 0 Å². The molecule has 0 aliphatic rings. The van der Waals surface area contributed by atoms with Crippen molar-refractivity contribution in [2.24, 2.45) is 0 Å². The number of carboxylic acids is 1. The van der Waals surface area contributed by atoms with Gasteiger partial charge in [0.05, 0.1) is 5.56 Å². The Morgan fingerprint density at radius 3 is 2.33 bits per heavy atom. The second kappa shape index (κ2) is 6.09. The Morgan fingerprint density at radius 2 is 1.76 bits per heavy atom. The summed E-state index contributed by atoms with van der Waals surface area (Å²) in [5.41, 5.74) is 0.639. The Morgan fingerprint density at radius 1 is 1.10 bits per heavy atom. The quantitative estimate of drug-likeness (QED) is 0.826. The van der Waals surface area contributed by atoms with Gasteiger partial charge in [0.25, 0.3) is 0 Å². The van der Waals surface area contributed by atoms with Crippen molar-refractivity contribution in [3.8, 4) is 11.5 Å². The van der Waals surface area contributed by atoms with Gasteiger partial charge < -0.3 is 14.9 Å². The van der Waals surface area contributed by atoms with Gasteiger partial charge in [-0.1, -0.05) is 30.3 Å². The number of hydrogen-bond acceptors (Lipinski definition) is 4. The van der Waals surface area contributed by atoms with Gasteiger partial charge in [-0.2, -0.15) is 0 Å². The first-order valence-electron chi connectivity index (χ1n) is 6.27. The van der Waals surface area contributed by atoms with Gasteiger partial charge in [0, 0.05) is 5.56 Å². The van der Waals surface area contributed by atoms with E-state index in [2.05, 4.69) is 0 Å². The molecule has 0 saturated heterocycles. The normalized spacial score (nSPS) is 10.1. The fraction of sp³-hybridized carbons (Fsp3) is 0.125. The van der Waals surface area contributed by atoms with Crippen LogP contribution in [0, 0.1) is 0 Å². The number of ketones is 1. The molecule has 0 aromatic heterocycles. The summed E-state index contributed by atoms with van der Waals surface area (Å²) in [7, 11) is 0. The molecule has 0 spiro atoms. The maximum absolute atomic E-state index is 11.4. The van der Waals surface area contributed by atoms with Gasteiger partial charge in [-0.15, -0.1) is 0 Å². The van der Waals surface area contributed by atoms with Gasteiger partial charge in [0.15, 0.2) is 17.3 Å². The summed E-state index contributed by atoms with van der Waals surface area (Å²) in [6.07, 6.45) is 0. The van der Waals surface area contributed by atoms with E-state index in [0.717, 1.165) is 17.7 Å². The number of carboxylic acid groups (broad SMARTS) is 1. The van der Waals surface area contributed by atoms with Crippen LogP contribution in [0.25, 0.3) is 0 Å². The lowest BCUT2D eigenvalue weighted by atomic mass is 10.0. The molecule has 108 valence electrons. The number of hydrogen-bond donors (Lipinski definition) is 2. The van der Waals surface area contributed by atoms with Crippen molar-refractivity contribution < 1.29 is 24.5 Å². The highest BCUT2D eigenvalue weighted by molar-refractivity contribution is 6.05. The Labute approximate surface area is 121 Å². The molecular formula is C16H14O5. The Balaban J connectivity index is 2.30. The molecule has 0 fully saturated rings. The molecule has 0 atom stereocenters. The van der Waals surface area contributed by atoms with Gasteiger partial charge in [-0.05, 0) is 24.6 Å². The molecule has 5 heteroatoms. The number of ether oxygens (including phenoxy) is 1. The van der Waals surface area contributed by atoms with Crippen LogP contribution in [-0.2, 0) is 6.61 Å². The molecule has 5 nitrogen and oxygen atoms in total. The van der Waals surface area contributed by atoms with E-state index in [-0.39, 0.29) is 29.2 Å². The maximum Gasteiger partial charge on any atom is 0.336 e. The molecule has 2 aromatic rings. The number of carbonyl (C=O) groups excluding carboxylic acids is 1. The number of phenolic OH excluding ortho intramolecular Hbond substituents is 1. The highest BCUT2D eigenvalue weighted by Gasteiger charge is 2.18. The van der Waals surface area contributed by atoms with Crippen LogP contribution in [0.15, 0.2) is 42.5 Å². The summed E-state index contributed by atoms with van der Waals surface area (Å²) in [4.78, 5) is 22.6. The molecule has 2 N–H and O–H groups in total. The molecule has 0 unspecified atom stereocenters. The fourth-order valence-electron chi connectivity index (χ4n) is 1.89. The minimum Gasteiger partial charge on any atom is -0.504 e. The minimum absolute atomic E-state index is 0.0289. The topological polar surface area (TPSA) is 83.8 Å². The fourth-order valence-corrected chi connectivity index (χ4v) is 1.89. The van der Waals surface area contributed by atoms with E-state index in [9.17, 15) is 14.7 Å². The van der Waals surface area contributed by atoms with Crippen LogP contribution in [0.1, 0.15) is 33.2 Å². The largest absolute Gasteiger partial charge is 0.504 e. The third-order valence-corrected chi connectivity index (χ3v) is 2.95. The smallest absolute Gasteiger partial charge is 0.336 e. The number of aromatic hydroxyl groups is 1. The average molecular weight is 286 g/mol. The summed E-state index contributed by atoms with van der Waals surface area (Å²) in [6.45, 7) is 1.43. The van der Waals surface area contributed by atoms with E-state index in [1.807, 2.05) is 30.3 Å². The second-order valence-corrected chi connectivity index (χ2v) is 4.50. The maximum atomic E-state index is 11.4. The molecular weight excluding hydrogens is 272 g/mol. The molecule has 0 aliphatic carbocycles. The predicted octanol–water partition coefficient (Wildman–Crippen LogP) is 2.87. The third-order valence-electron chi connectivity index (χ3n) is 2.95. The van der Waals surface area contributed by atoms with Crippen LogP contribution in [0.5, 0.6) is 11.5 Å². The van der Waals surface area contributed by atoms with Crippen LogP contribution < -0.4 is 4.74 Å². The van der Waals surface area contributed by atoms with Crippen molar-refractivity contribution in [1.29, 1.82) is 0 Å². The second-order valence-electron chi connectivity index (χ2n) is 4.50. The van der Waals surface area contributed by atoms with Crippen LogP contribution in [0.4, 0.5) is 0 Å². The lowest BCUT2D eigenvalue weighted by Gasteiger charge is -2.11. The van der Waals surface area contributed by atoms with Crippen LogP contribution >= 0.6 is 0 Å². The predicted molar refractivity (Wildman–Crippen MR) is 75.8 cm³/mol. The molecule has 0 amide bonds. The highest BCUT2D eigenvalue weighted by atomic mass is 16.5. The van der Waals surface area contributed by atoms with Gasteiger partial charge in [-0.3, -0.25) is 4.79 Å². The molecule has 0 bridgehead atoms. The summed E-state index contributed by atoms with van der Waals surface area (Å²) < 4.78 is 5.42. The van der Waals surface area contributed by atoms with E-state index in [1.54, 1.807) is 0 Å². The minimum atomic E-state index is -1.25. The van der Waals surface area contributed by atoms with E-state index in [0.29, 0.717) is 0 Å². The van der Waals surface area contributed by atoms with Gasteiger partial charge in [0.1, 0.15) is 6.61 Å². The zero-order valence-electron chi connectivity index (χ0n) is 11.4. The summed E-state index contributed by atoms with van der Waals surface area (Å²) in [5, 5.41) is 19.0. The number of carbonyl (C=O) groups is 2. The first-order chi connectivity index (χ1) is 9.99. The number of rotatable bonds is 5. The third kappa shape index (κ3) is 3.39. The number of Topliss-reactive ketones (excluding diaryl/α,β-unsaturated/α-hetero) is 1. The molecule has 21 heavy (non-hydrogen) atoms. The summed E-state index contributed by atoms with van der Waals surface area (Å²) in [6, 6.07) is 11.5. The van der Waals surface area contributed by atoms with Crippen molar-refractivity contribution in [3.63, 3.8) is 0 Å². The van der Waals surface area contributed by atoms with Gasteiger partial charge in [-0.25, -0.2) is 4.79 Å². The van der Waals surface area contributed by atoms with Crippen LogP contribution in [-0.4, -0.2) is 22.0 Å². The van der Waals surface area contributed by atoms with Crippen LogP contribution in [0.2, 0.25) is 0 Å². The van der Waals surface area contributed by atoms with Crippen molar-refractivity contribution >= 4 is 11.8 Å². The standard InChI is InChI=1S/C16H14O5/c1-10(17)12-7-14(18)15(8-13(12)16(19)20)21-9-11-5-3-2-4-6-11/h2-8,18H,9H2,1H3,(H,19,20). The molecule has 2 rings (SSSR count). The van der Waals surface area contributed by atoms with Gasteiger partial charge >= 0.3 is 5.97 Å². The molecule has 0 radical (unpaired) electrons. The summed E-state index contributed by atoms with van der Waals surface area (Å²) >= 11 is 0. The number of benzene rings is 2.